The van der Waals surface area contributed by atoms with E-state index in [-0.39, 0.29) is 31.6 Å². The van der Waals surface area contributed by atoms with Crippen molar-refractivity contribution in [1.29, 1.82) is 0 Å². The number of carbonyl (C=O) groups excluding carboxylic acids is 2. The molecule has 2 aromatic rings. The van der Waals surface area contributed by atoms with E-state index in [1.54, 1.807) is 50.7 Å². The SMILES string of the molecule is CC(C)(C)S(=O)(=O)CCCC(=O)C(F)(CC(=O)NCc1ccncc1)Cc1cscn1. The summed E-state index contributed by atoms with van der Waals surface area (Å²) in [6.45, 7) is 4.93. The van der Waals surface area contributed by atoms with Crippen molar-refractivity contribution < 1.29 is 22.4 Å². The molecule has 10 heteroatoms. The van der Waals surface area contributed by atoms with Gasteiger partial charge in [0.1, 0.15) is 0 Å². The maximum absolute atomic E-state index is 15.8. The molecule has 0 radical (unpaired) electrons. The number of halogens is 1. The third kappa shape index (κ3) is 7.46. The van der Waals surface area contributed by atoms with E-state index in [4.69, 9.17) is 0 Å². The van der Waals surface area contributed by atoms with E-state index in [1.807, 2.05) is 0 Å². The van der Waals surface area contributed by atoms with Crippen LogP contribution in [0.25, 0.3) is 0 Å². The number of nitrogens with one attached hydrogen (secondary N) is 1. The summed E-state index contributed by atoms with van der Waals surface area (Å²) in [5.74, 6) is -1.61. The second kappa shape index (κ2) is 10.4. The molecule has 0 aliphatic carbocycles. The number of Topliss-reactive ketones (excluding diaryl/α,β-unsaturated/α-hetero) is 1. The fourth-order valence-electron chi connectivity index (χ4n) is 2.84. The summed E-state index contributed by atoms with van der Waals surface area (Å²) < 4.78 is 39.3. The number of thiazole rings is 1. The van der Waals surface area contributed by atoms with Gasteiger partial charge < -0.3 is 5.32 Å². The number of aromatic nitrogens is 2. The molecule has 7 nitrogen and oxygen atoms in total. The number of hydrogen-bond acceptors (Lipinski definition) is 7. The molecule has 2 aromatic heterocycles. The summed E-state index contributed by atoms with van der Waals surface area (Å²) in [7, 11) is -3.42. The second-order valence-corrected chi connectivity index (χ2v) is 12.0. The van der Waals surface area contributed by atoms with Gasteiger partial charge in [0.15, 0.2) is 21.3 Å². The average Bonchev–Trinajstić information content (AvgIpc) is 3.18. The first kappa shape index (κ1) is 25.1. The highest BCUT2D eigenvalue weighted by atomic mass is 32.2. The number of carbonyl (C=O) groups is 2. The number of amides is 1. The molecule has 0 fully saturated rings. The van der Waals surface area contributed by atoms with Crippen molar-refractivity contribution in [2.75, 3.05) is 5.75 Å². The Morgan fingerprint density at radius 1 is 1.19 bits per heavy atom. The first-order valence-electron chi connectivity index (χ1n) is 9.90. The highest BCUT2D eigenvalue weighted by Gasteiger charge is 2.41. The van der Waals surface area contributed by atoms with Crippen molar-refractivity contribution in [2.24, 2.45) is 0 Å². The maximum Gasteiger partial charge on any atom is 0.223 e. The van der Waals surface area contributed by atoms with Gasteiger partial charge in [-0.15, -0.1) is 11.3 Å². The molecule has 2 heterocycles. The Labute approximate surface area is 186 Å². The highest BCUT2D eigenvalue weighted by Crippen LogP contribution is 2.27. The molecule has 170 valence electrons. The number of alkyl halides is 1. The Kier molecular flexibility index (Phi) is 8.41. The van der Waals surface area contributed by atoms with Crippen LogP contribution < -0.4 is 5.32 Å². The number of pyridine rings is 1. The monoisotopic (exact) mass is 469 g/mol. The summed E-state index contributed by atoms with van der Waals surface area (Å²) in [5, 5.41) is 4.24. The van der Waals surface area contributed by atoms with Crippen LogP contribution in [-0.2, 0) is 32.4 Å². The zero-order valence-electron chi connectivity index (χ0n) is 17.9. The maximum atomic E-state index is 15.8. The van der Waals surface area contributed by atoms with Crippen LogP contribution in [0, 0.1) is 0 Å². The standard InChI is InChI=1S/C21H28FN3O4S2/c1-20(2,3)31(28,29)10-4-5-18(26)21(22,11-17-14-30-15-25-17)12-19(27)24-13-16-6-8-23-9-7-16/h6-9,14-15H,4-5,10-13H2,1-3H3,(H,24,27). The minimum Gasteiger partial charge on any atom is -0.352 e. The van der Waals surface area contributed by atoms with E-state index in [1.165, 1.54) is 16.8 Å². The van der Waals surface area contributed by atoms with Crippen LogP contribution in [0.1, 0.15) is 51.3 Å². The molecule has 1 amide bonds. The minimum absolute atomic E-state index is 0.000192. The number of rotatable bonds is 11. The van der Waals surface area contributed by atoms with Crippen molar-refractivity contribution in [1.82, 2.24) is 15.3 Å². The van der Waals surface area contributed by atoms with Gasteiger partial charge in [-0.25, -0.2) is 17.8 Å². The summed E-state index contributed by atoms with van der Waals surface area (Å²) in [6, 6.07) is 3.44. The Morgan fingerprint density at radius 2 is 1.87 bits per heavy atom. The van der Waals surface area contributed by atoms with Crippen molar-refractivity contribution in [3.63, 3.8) is 0 Å². The topological polar surface area (TPSA) is 106 Å². The van der Waals surface area contributed by atoms with Gasteiger partial charge >= 0.3 is 0 Å². The third-order valence-corrected chi connectivity index (χ3v) is 8.20. The lowest BCUT2D eigenvalue weighted by molar-refractivity contribution is -0.136. The van der Waals surface area contributed by atoms with Crippen LogP contribution in [0.4, 0.5) is 4.39 Å². The molecular formula is C21H28FN3O4S2. The number of ketones is 1. The minimum atomic E-state index is -3.42. The predicted molar refractivity (Wildman–Crippen MR) is 118 cm³/mol. The first-order valence-corrected chi connectivity index (χ1v) is 12.5. The molecule has 0 bridgehead atoms. The van der Waals surface area contributed by atoms with Gasteiger partial charge in [0, 0.05) is 37.2 Å². The number of nitrogens with zero attached hydrogens (tertiary/aromatic N) is 2. The van der Waals surface area contributed by atoms with E-state index < -0.39 is 38.4 Å². The average molecular weight is 470 g/mol. The van der Waals surface area contributed by atoms with E-state index in [2.05, 4.69) is 15.3 Å². The lowest BCUT2D eigenvalue weighted by Crippen LogP contribution is -2.42. The number of sulfone groups is 1. The Bertz CT molecular complexity index is 974. The molecule has 0 aromatic carbocycles. The molecule has 0 aliphatic heterocycles. The zero-order chi connectivity index (χ0) is 23.1. The molecule has 1 unspecified atom stereocenters. The lowest BCUT2D eigenvalue weighted by Gasteiger charge is -2.24. The van der Waals surface area contributed by atoms with Crippen LogP contribution in [-0.4, -0.2) is 46.2 Å². The number of hydrogen-bond donors (Lipinski definition) is 1. The molecule has 1 atom stereocenters. The van der Waals surface area contributed by atoms with Crippen molar-refractivity contribution in [2.45, 2.75) is 63.4 Å². The normalized spacial score (nSPS) is 14.1. The molecule has 2 rings (SSSR count). The summed E-state index contributed by atoms with van der Waals surface area (Å²) in [5.41, 5.74) is 0.248. The predicted octanol–water partition coefficient (Wildman–Crippen LogP) is 3.06. The van der Waals surface area contributed by atoms with Gasteiger partial charge in [-0.3, -0.25) is 14.6 Å². The molecule has 31 heavy (non-hydrogen) atoms. The van der Waals surface area contributed by atoms with Gasteiger partial charge in [0.25, 0.3) is 0 Å². The summed E-state index contributed by atoms with van der Waals surface area (Å²) >= 11 is 1.27. The molecule has 0 saturated heterocycles. The fraction of sp³-hybridized carbons (Fsp3) is 0.524. The van der Waals surface area contributed by atoms with Gasteiger partial charge in [-0.2, -0.15) is 0 Å². The first-order chi connectivity index (χ1) is 14.4. The van der Waals surface area contributed by atoms with Crippen LogP contribution >= 0.6 is 11.3 Å². The smallest absolute Gasteiger partial charge is 0.223 e. The highest BCUT2D eigenvalue weighted by molar-refractivity contribution is 7.92. The summed E-state index contributed by atoms with van der Waals surface area (Å²) in [4.78, 5) is 33.1. The molecule has 0 aliphatic rings. The Balaban J connectivity index is 2.04. The van der Waals surface area contributed by atoms with Gasteiger partial charge in [-0.1, -0.05) is 0 Å². The van der Waals surface area contributed by atoms with E-state index in [0.29, 0.717) is 5.69 Å². The quantitative estimate of drug-likeness (QED) is 0.542. The molecule has 1 N–H and O–H groups in total. The van der Waals surface area contributed by atoms with Crippen LogP contribution in [0.2, 0.25) is 0 Å². The molecule has 0 saturated carbocycles. The van der Waals surface area contributed by atoms with Crippen LogP contribution in [0.3, 0.4) is 0 Å². The van der Waals surface area contributed by atoms with Crippen molar-refractivity contribution in [3.8, 4) is 0 Å². The van der Waals surface area contributed by atoms with Crippen molar-refractivity contribution >= 4 is 32.9 Å². The van der Waals surface area contributed by atoms with Crippen LogP contribution in [0.15, 0.2) is 35.4 Å². The molecule has 0 spiro atoms. The van der Waals surface area contributed by atoms with E-state index >= 15 is 4.39 Å². The second-order valence-electron chi connectivity index (χ2n) is 8.39. The Morgan fingerprint density at radius 3 is 2.45 bits per heavy atom. The Hall–Kier alpha value is -2.20. The van der Waals surface area contributed by atoms with E-state index in [9.17, 15) is 18.0 Å². The largest absolute Gasteiger partial charge is 0.352 e. The zero-order valence-corrected chi connectivity index (χ0v) is 19.6. The van der Waals surface area contributed by atoms with Gasteiger partial charge in [0.05, 0.1) is 28.1 Å². The lowest BCUT2D eigenvalue weighted by atomic mass is 9.88. The van der Waals surface area contributed by atoms with E-state index in [0.717, 1.165) is 5.56 Å². The van der Waals surface area contributed by atoms with Gasteiger partial charge in [-0.05, 0) is 44.9 Å². The fourth-order valence-corrected chi connectivity index (χ4v) is 4.54. The molecular weight excluding hydrogens is 441 g/mol. The van der Waals surface area contributed by atoms with Gasteiger partial charge in [0.2, 0.25) is 5.91 Å². The van der Waals surface area contributed by atoms with Crippen LogP contribution in [0.5, 0.6) is 0 Å². The third-order valence-electron chi connectivity index (χ3n) is 4.87. The van der Waals surface area contributed by atoms with Crippen molar-refractivity contribution in [3.05, 3.63) is 46.7 Å². The summed E-state index contributed by atoms with van der Waals surface area (Å²) in [6.07, 6.45) is 1.91.